The first-order chi connectivity index (χ1) is 21.2. The lowest BCUT2D eigenvalue weighted by molar-refractivity contribution is -0.0208. The van der Waals surface area contributed by atoms with Crippen LogP contribution in [0.15, 0.2) is 92.2 Å². The number of aromatic nitrogens is 3. The second-order valence-electron chi connectivity index (χ2n) is 11.1. The van der Waals surface area contributed by atoms with Crippen LogP contribution in [0.2, 0.25) is 0 Å². The molecule has 0 saturated carbocycles. The van der Waals surface area contributed by atoms with E-state index in [0.29, 0.717) is 47.8 Å². The maximum Gasteiger partial charge on any atom is 0.260 e. The van der Waals surface area contributed by atoms with Crippen molar-refractivity contribution in [3.05, 3.63) is 94.2 Å². The number of rotatable bonds is 9. The maximum absolute atomic E-state index is 14.0. The summed E-state index contributed by atoms with van der Waals surface area (Å²) in [4.78, 5) is 27.7. The van der Waals surface area contributed by atoms with Gasteiger partial charge in [0.1, 0.15) is 9.86 Å². The molecule has 0 spiro atoms. The first kappa shape index (κ1) is 30.1. The first-order valence-electron chi connectivity index (χ1n) is 14.3. The molecule has 10 nitrogen and oxygen atoms in total. The number of anilines is 2. The number of nitrogens with zero attached hydrogens (tertiary/aromatic N) is 5. The second-order valence-corrected chi connectivity index (χ2v) is 14.2. The molecule has 1 fully saturated rings. The number of sulfone groups is 1. The topological polar surface area (TPSA) is 110 Å². The summed E-state index contributed by atoms with van der Waals surface area (Å²) in [6.45, 7) is 3.49. The van der Waals surface area contributed by atoms with E-state index in [-0.39, 0.29) is 20.8 Å². The molecule has 0 bridgehead atoms. The van der Waals surface area contributed by atoms with Crippen molar-refractivity contribution in [1.82, 2.24) is 24.3 Å². The van der Waals surface area contributed by atoms with Crippen molar-refractivity contribution in [2.45, 2.75) is 21.8 Å². The normalized spacial score (nSPS) is 16.0. The summed E-state index contributed by atoms with van der Waals surface area (Å²) in [5.74, 6) is 0.369. The molecular formula is C32H34N6O4S2. The van der Waals surface area contributed by atoms with Gasteiger partial charge in [-0.25, -0.2) is 13.4 Å². The number of ether oxygens (including phenoxy) is 1. The molecule has 228 valence electrons. The van der Waals surface area contributed by atoms with Crippen LogP contribution < -0.4 is 10.9 Å². The Kier molecular flexibility index (Phi) is 8.61. The minimum Gasteiger partial charge on any atom is -0.371 e. The van der Waals surface area contributed by atoms with Crippen LogP contribution in [0.1, 0.15) is 11.7 Å². The van der Waals surface area contributed by atoms with Gasteiger partial charge in [0.05, 0.1) is 17.6 Å². The zero-order valence-electron chi connectivity index (χ0n) is 24.8. The van der Waals surface area contributed by atoms with E-state index in [1.807, 2.05) is 43.3 Å². The number of pyridine rings is 1. The summed E-state index contributed by atoms with van der Waals surface area (Å²) in [5, 5.41) is 5.67. The highest BCUT2D eigenvalue weighted by Gasteiger charge is 2.22. The highest BCUT2D eigenvalue weighted by Crippen LogP contribution is 2.29. The molecule has 5 aromatic rings. The van der Waals surface area contributed by atoms with Crippen molar-refractivity contribution in [1.29, 1.82) is 0 Å². The molecule has 1 aliphatic rings. The van der Waals surface area contributed by atoms with E-state index in [0.717, 1.165) is 35.7 Å². The molecule has 1 atom stereocenters. The molecule has 1 unspecified atom stereocenters. The Balaban J connectivity index is 1.34. The Morgan fingerprint density at radius 2 is 1.91 bits per heavy atom. The molecule has 0 aliphatic carbocycles. The summed E-state index contributed by atoms with van der Waals surface area (Å²) >= 11 is 1.16. The van der Waals surface area contributed by atoms with Crippen LogP contribution in [-0.4, -0.2) is 80.1 Å². The third kappa shape index (κ3) is 6.30. The number of nitrogens with one attached hydrogen (secondary N) is 1. The van der Waals surface area contributed by atoms with Crippen LogP contribution >= 0.6 is 11.3 Å². The van der Waals surface area contributed by atoms with Gasteiger partial charge in [0.15, 0.2) is 0 Å². The van der Waals surface area contributed by atoms with Crippen molar-refractivity contribution >= 4 is 43.8 Å². The Bertz CT molecular complexity index is 1940. The lowest BCUT2D eigenvalue weighted by atomic mass is 10.1. The van der Waals surface area contributed by atoms with Crippen LogP contribution in [-0.2, 0) is 21.1 Å². The number of morpholine rings is 1. The first-order valence-corrected chi connectivity index (χ1v) is 16.7. The van der Waals surface area contributed by atoms with Gasteiger partial charge < -0.3 is 19.9 Å². The van der Waals surface area contributed by atoms with E-state index in [9.17, 15) is 13.2 Å². The van der Waals surface area contributed by atoms with Gasteiger partial charge in [0.25, 0.3) is 5.56 Å². The highest BCUT2D eigenvalue weighted by atomic mass is 32.2. The van der Waals surface area contributed by atoms with Gasteiger partial charge in [-0.1, -0.05) is 30.3 Å². The zero-order valence-corrected chi connectivity index (χ0v) is 26.4. The standard InChI is InChI=1S/C32H34N6O4S2/c1-36(2)13-14-38-30-24(19-27(31(38)39)23-6-4-7-26(18-23)44(40,41)29-8-5-17-43-29)20-33-32(35-30)34-25-11-9-22(10-12-25)28-21-37(3)15-16-42-28/h4-12,17-20,28H,13-16,21H2,1-3H3,(H,33,34,35). The van der Waals surface area contributed by atoms with E-state index in [4.69, 9.17) is 9.72 Å². The number of likely N-dealkylation sites (N-methyl/N-ethyl adjacent to an activating group) is 2. The van der Waals surface area contributed by atoms with Crippen molar-refractivity contribution < 1.29 is 13.2 Å². The summed E-state index contributed by atoms with van der Waals surface area (Å²) < 4.78 is 34.2. The summed E-state index contributed by atoms with van der Waals surface area (Å²) in [5.41, 5.74) is 3.07. The van der Waals surface area contributed by atoms with E-state index >= 15 is 0 Å². The van der Waals surface area contributed by atoms with E-state index in [2.05, 4.69) is 22.2 Å². The smallest absolute Gasteiger partial charge is 0.260 e. The number of thiophene rings is 1. The quantitative estimate of drug-likeness (QED) is 0.249. The average Bonchev–Trinajstić information content (AvgIpc) is 3.57. The molecule has 12 heteroatoms. The van der Waals surface area contributed by atoms with Crippen LogP contribution in [0.25, 0.3) is 22.2 Å². The van der Waals surface area contributed by atoms with Crippen molar-refractivity contribution in [2.75, 3.05) is 52.7 Å². The molecule has 1 aliphatic heterocycles. The van der Waals surface area contributed by atoms with E-state index in [1.165, 1.54) is 0 Å². The van der Waals surface area contributed by atoms with Gasteiger partial charge in [0.2, 0.25) is 15.8 Å². The van der Waals surface area contributed by atoms with Gasteiger partial charge in [-0.3, -0.25) is 9.36 Å². The number of fused-ring (bicyclic) bond motifs is 1. The van der Waals surface area contributed by atoms with Crippen molar-refractivity contribution in [2.24, 2.45) is 0 Å². The Morgan fingerprint density at radius 1 is 1.09 bits per heavy atom. The predicted molar refractivity (Wildman–Crippen MR) is 173 cm³/mol. The SMILES string of the molecule is CN(C)CCn1c(=O)c(-c2cccc(S(=O)(=O)c3cccs3)c2)cc2cnc(Nc3ccc(C4CN(C)CCO4)cc3)nc21. The molecule has 1 N–H and O–H groups in total. The molecule has 3 aromatic heterocycles. The minimum atomic E-state index is -3.70. The molecule has 4 heterocycles. The fourth-order valence-corrected chi connectivity index (χ4v) is 7.63. The zero-order chi connectivity index (χ0) is 30.8. The van der Waals surface area contributed by atoms with Gasteiger partial charge in [-0.2, -0.15) is 4.98 Å². The summed E-state index contributed by atoms with van der Waals surface area (Å²) in [7, 11) is 2.28. The third-order valence-corrected chi connectivity index (χ3v) is 10.8. The van der Waals surface area contributed by atoms with Crippen LogP contribution in [0.3, 0.4) is 0 Å². The monoisotopic (exact) mass is 630 g/mol. The third-order valence-electron chi connectivity index (χ3n) is 7.62. The molecule has 2 aromatic carbocycles. The molecule has 0 amide bonds. The second kappa shape index (κ2) is 12.6. The van der Waals surface area contributed by atoms with Gasteiger partial charge >= 0.3 is 0 Å². The number of hydrogen-bond acceptors (Lipinski definition) is 10. The molecule has 0 radical (unpaired) electrons. The number of hydrogen-bond donors (Lipinski definition) is 1. The maximum atomic E-state index is 14.0. The fourth-order valence-electron chi connectivity index (χ4n) is 5.19. The molecular weight excluding hydrogens is 597 g/mol. The Labute approximate surface area is 260 Å². The summed E-state index contributed by atoms with van der Waals surface area (Å²) in [6, 6.07) is 19.6. The van der Waals surface area contributed by atoms with Crippen molar-refractivity contribution in [3.63, 3.8) is 0 Å². The van der Waals surface area contributed by atoms with Gasteiger partial charge in [-0.05, 0) is 74.0 Å². The predicted octanol–water partition coefficient (Wildman–Crippen LogP) is 4.66. The van der Waals surface area contributed by atoms with Gasteiger partial charge in [0, 0.05) is 49.0 Å². The van der Waals surface area contributed by atoms with Crippen molar-refractivity contribution in [3.8, 4) is 11.1 Å². The highest BCUT2D eigenvalue weighted by molar-refractivity contribution is 7.93. The Morgan fingerprint density at radius 3 is 2.64 bits per heavy atom. The number of benzene rings is 2. The fraction of sp³-hybridized carbons (Fsp3) is 0.281. The summed E-state index contributed by atoms with van der Waals surface area (Å²) in [6.07, 6.45) is 1.73. The molecule has 6 rings (SSSR count). The average molecular weight is 631 g/mol. The van der Waals surface area contributed by atoms with Crippen LogP contribution in [0, 0.1) is 0 Å². The van der Waals surface area contributed by atoms with Gasteiger partial charge in [-0.15, -0.1) is 11.3 Å². The Hall–Kier alpha value is -3.94. The molecule has 1 saturated heterocycles. The largest absolute Gasteiger partial charge is 0.371 e. The van der Waals surface area contributed by atoms with E-state index < -0.39 is 9.84 Å². The van der Waals surface area contributed by atoms with Crippen LogP contribution in [0.5, 0.6) is 0 Å². The lowest BCUT2D eigenvalue weighted by Crippen LogP contribution is -2.35. The minimum absolute atomic E-state index is 0.0385. The van der Waals surface area contributed by atoms with E-state index in [1.54, 1.807) is 58.6 Å². The van der Waals surface area contributed by atoms with Crippen LogP contribution in [0.4, 0.5) is 11.6 Å². The molecule has 44 heavy (non-hydrogen) atoms. The lowest BCUT2D eigenvalue weighted by Gasteiger charge is -2.30.